The van der Waals surface area contributed by atoms with E-state index in [1.165, 1.54) is 59.5 Å². The molecule has 0 atom stereocenters. The highest BCUT2D eigenvalue weighted by molar-refractivity contribution is 7.80. The molecule has 0 fully saturated rings. The maximum Gasteiger partial charge on any atom is 0.573 e. The third-order valence-electron chi connectivity index (χ3n) is 4.24. The molecule has 0 aliphatic rings. The summed E-state index contributed by atoms with van der Waals surface area (Å²) in [5.74, 6) is 0.122. The van der Waals surface area contributed by atoms with E-state index >= 15 is 0 Å². The largest absolute Gasteiger partial charge is 0.573 e. The third-order valence-corrected chi connectivity index (χ3v) is 4.43. The number of nitrogens with zero attached hydrogens (tertiary/aromatic N) is 3. The fourth-order valence-corrected chi connectivity index (χ4v) is 2.99. The van der Waals surface area contributed by atoms with Crippen molar-refractivity contribution >= 4 is 23.1 Å². The van der Waals surface area contributed by atoms with Gasteiger partial charge in [-0.25, -0.2) is 14.1 Å². The van der Waals surface area contributed by atoms with Crippen LogP contribution in [-0.4, -0.2) is 26.3 Å². The molecule has 1 aromatic heterocycles. The van der Waals surface area contributed by atoms with E-state index in [0.717, 1.165) is 0 Å². The molecule has 0 radical (unpaired) electrons. The normalized spacial score (nSPS) is 11.2. The van der Waals surface area contributed by atoms with Crippen LogP contribution in [0.15, 0.2) is 79.1 Å². The number of halogens is 4. The molecule has 1 heterocycles. The minimum Gasteiger partial charge on any atom is -0.432 e. The zero-order valence-electron chi connectivity index (χ0n) is 16.6. The van der Waals surface area contributed by atoms with E-state index in [4.69, 9.17) is 17.0 Å². The molecule has 0 saturated carbocycles. The molecular weight excluding hydrogens is 460 g/mol. The number of anilines is 1. The van der Waals surface area contributed by atoms with Crippen LogP contribution in [0.5, 0.6) is 11.5 Å². The van der Waals surface area contributed by atoms with Gasteiger partial charge in [0.15, 0.2) is 5.82 Å². The smallest absolute Gasteiger partial charge is 0.432 e. The van der Waals surface area contributed by atoms with Gasteiger partial charge in [0, 0.05) is 11.3 Å². The van der Waals surface area contributed by atoms with E-state index in [9.17, 15) is 17.6 Å². The third kappa shape index (κ3) is 6.04. The Kier molecular flexibility index (Phi) is 6.22. The summed E-state index contributed by atoms with van der Waals surface area (Å²) >= 11 is 5.15. The van der Waals surface area contributed by atoms with Gasteiger partial charge in [0.2, 0.25) is 0 Å². The summed E-state index contributed by atoms with van der Waals surface area (Å²) in [6.07, 6.45) is -3.30. The maximum atomic E-state index is 13.0. The zero-order chi connectivity index (χ0) is 23.4. The van der Waals surface area contributed by atoms with Gasteiger partial charge >= 0.3 is 6.36 Å². The van der Waals surface area contributed by atoms with Crippen LogP contribution in [-0.2, 0) is 0 Å². The Balaban J connectivity index is 1.39. The predicted molar refractivity (Wildman–Crippen MR) is 117 cm³/mol. The molecule has 0 aliphatic carbocycles. The summed E-state index contributed by atoms with van der Waals surface area (Å²) in [5, 5.41) is 7.36. The highest BCUT2D eigenvalue weighted by Crippen LogP contribution is 2.24. The van der Waals surface area contributed by atoms with Gasteiger partial charge in [-0.2, -0.15) is 0 Å². The van der Waals surface area contributed by atoms with Crippen LogP contribution in [0.2, 0.25) is 0 Å². The Bertz CT molecular complexity index is 1240. The molecule has 0 aliphatic heterocycles. The van der Waals surface area contributed by atoms with Crippen molar-refractivity contribution in [3.63, 3.8) is 0 Å². The van der Waals surface area contributed by atoms with Crippen LogP contribution in [0.4, 0.5) is 23.2 Å². The van der Waals surface area contributed by atoms with Crippen LogP contribution < -0.4 is 14.8 Å². The second-order valence-electron chi connectivity index (χ2n) is 6.60. The van der Waals surface area contributed by atoms with E-state index in [0.29, 0.717) is 28.5 Å². The van der Waals surface area contributed by atoms with Gasteiger partial charge < -0.3 is 14.8 Å². The fraction of sp³-hybridized carbons (Fsp3) is 0.0455. The number of rotatable bonds is 5. The zero-order valence-corrected chi connectivity index (χ0v) is 17.4. The monoisotopic (exact) mass is 474 g/mol. The number of aromatic nitrogens is 3. The number of alkyl halides is 3. The molecule has 4 rings (SSSR count). The van der Waals surface area contributed by atoms with Crippen molar-refractivity contribution in [2.24, 2.45) is 0 Å². The van der Waals surface area contributed by atoms with E-state index in [1.54, 1.807) is 24.3 Å². The van der Waals surface area contributed by atoms with Gasteiger partial charge in [0.1, 0.15) is 23.6 Å². The summed E-state index contributed by atoms with van der Waals surface area (Å²) < 4.78 is 60.5. The minimum atomic E-state index is -4.75. The summed E-state index contributed by atoms with van der Waals surface area (Å²) in [7, 11) is 0. The second-order valence-corrected chi connectivity index (χ2v) is 6.97. The van der Waals surface area contributed by atoms with Crippen molar-refractivity contribution in [1.29, 1.82) is 0 Å². The van der Waals surface area contributed by atoms with Crippen molar-refractivity contribution in [2.75, 3.05) is 5.32 Å². The van der Waals surface area contributed by atoms with Crippen LogP contribution in [0.25, 0.3) is 17.1 Å². The molecule has 3 aromatic carbocycles. The van der Waals surface area contributed by atoms with Crippen molar-refractivity contribution in [3.8, 4) is 28.6 Å². The molecule has 0 bridgehead atoms. The molecule has 168 valence electrons. The van der Waals surface area contributed by atoms with Gasteiger partial charge in [-0.15, -0.1) is 18.3 Å². The van der Waals surface area contributed by atoms with Crippen molar-refractivity contribution in [1.82, 2.24) is 14.8 Å². The molecule has 0 unspecified atom stereocenters. The highest BCUT2D eigenvalue weighted by atomic mass is 32.1. The van der Waals surface area contributed by atoms with Gasteiger partial charge in [-0.3, -0.25) is 0 Å². The second kappa shape index (κ2) is 9.25. The molecule has 4 aromatic rings. The van der Waals surface area contributed by atoms with E-state index in [1.807, 2.05) is 0 Å². The lowest BCUT2D eigenvalue weighted by atomic mass is 10.2. The lowest BCUT2D eigenvalue weighted by molar-refractivity contribution is -0.274. The fourth-order valence-electron chi connectivity index (χ4n) is 2.78. The van der Waals surface area contributed by atoms with Crippen molar-refractivity contribution in [3.05, 3.63) is 84.9 Å². The topological polar surface area (TPSA) is 61.2 Å². The number of nitrogens with one attached hydrogen (secondary N) is 1. The lowest BCUT2D eigenvalue weighted by Gasteiger charge is -2.09. The summed E-state index contributed by atoms with van der Waals surface area (Å²) in [6, 6.07) is 17.8. The van der Waals surface area contributed by atoms with E-state index in [-0.39, 0.29) is 16.7 Å². The highest BCUT2D eigenvalue weighted by Gasteiger charge is 2.31. The summed E-state index contributed by atoms with van der Waals surface area (Å²) in [4.78, 5) is 4.24. The minimum absolute atomic E-state index is 0.0923. The van der Waals surface area contributed by atoms with Gasteiger partial charge in [-0.05, 0) is 85.0 Å². The first-order valence-corrected chi connectivity index (χ1v) is 9.79. The van der Waals surface area contributed by atoms with Crippen LogP contribution in [0.3, 0.4) is 0 Å². The van der Waals surface area contributed by atoms with Gasteiger partial charge in [-0.1, -0.05) is 0 Å². The number of hydrogen-bond donors (Lipinski definition) is 1. The molecule has 1 N–H and O–H groups in total. The van der Waals surface area contributed by atoms with Crippen molar-refractivity contribution in [2.45, 2.75) is 6.36 Å². The first-order valence-electron chi connectivity index (χ1n) is 9.38. The number of benzene rings is 3. The molecular formula is C22H14F4N4O2S. The number of ether oxygens (including phenoxy) is 2. The van der Waals surface area contributed by atoms with Gasteiger partial charge in [0.25, 0.3) is 5.17 Å². The first kappa shape index (κ1) is 22.2. The quantitative estimate of drug-likeness (QED) is 0.294. The summed E-state index contributed by atoms with van der Waals surface area (Å²) in [5.41, 5.74) is 1.89. The SMILES string of the molecule is Fc1ccc(OC(=S)Nc2ccc(-c3ncn(-c4ccc(OC(F)(F)F)cc4)n3)cc2)cc1. The number of hydrogen-bond acceptors (Lipinski definition) is 5. The molecule has 6 nitrogen and oxygen atoms in total. The number of thiocarbonyl (C=S) groups is 1. The molecule has 11 heteroatoms. The molecule has 0 saturated heterocycles. The maximum absolute atomic E-state index is 13.0. The molecule has 33 heavy (non-hydrogen) atoms. The van der Waals surface area contributed by atoms with Crippen molar-refractivity contribution < 1.29 is 27.0 Å². The van der Waals surface area contributed by atoms with E-state index < -0.39 is 6.36 Å². The van der Waals surface area contributed by atoms with Crippen LogP contribution >= 0.6 is 12.2 Å². The van der Waals surface area contributed by atoms with Crippen LogP contribution in [0, 0.1) is 5.82 Å². The molecule has 0 amide bonds. The standard InChI is InChI=1S/C22H14F4N4O2S/c23-15-3-9-18(10-4-15)31-21(33)28-16-5-1-14(2-6-16)20-27-13-30(29-20)17-7-11-19(12-8-17)32-22(24,25)26/h1-13H,(H,28,33). The summed E-state index contributed by atoms with van der Waals surface area (Å²) in [6.45, 7) is 0. The first-order chi connectivity index (χ1) is 15.7. The van der Waals surface area contributed by atoms with Crippen LogP contribution in [0.1, 0.15) is 0 Å². The molecule has 0 spiro atoms. The lowest BCUT2D eigenvalue weighted by Crippen LogP contribution is -2.17. The van der Waals surface area contributed by atoms with Gasteiger partial charge in [0.05, 0.1) is 5.69 Å². The Labute approximate surface area is 190 Å². The Morgan fingerprint density at radius 2 is 1.52 bits per heavy atom. The average molecular weight is 474 g/mol. The predicted octanol–water partition coefficient (Wildman–Crippen LogP) is 5.75. The Hall–Kier alpha value is -3.99. The Morgan fingerprint density at radius 3 is 2.15 bits per heavy atom. The van der Waals surface area contributed by atoms with E-state index in [2.05, 4.69) is 20.1 Å². The Morgan fingerprint density at radius 1 is 0.879 bits per heavy atom. The average Bonchev–Trinajstić information content (AvgIpc) is 3.25.